The Bertz CT molecular complexity index is 1580. The molecule has 0 saturated carbocycles. The molecule has 0 spiro atoms. The molecule has 1 aromatic carbocycles. The van der Waals surface area contributed by atoms with Crippen molar-refractivity contribution in [2.75, 3.05) is 31.5 Å². The third-order valence-corrected chi connectivity index (χ3v) is 11.8. The van der Waals surface area contributed by atoms with Crippen LogP contribution >= 0.6 is 11.3 Å². The van der Waals surface area contributed by atoms with Gasteiger partial charge in [0, 0.05) is 30.8 Å². The maximum Gasteiger partial charge on any atom is 0.267 e. The van der Waals surface area contributed by atoms with Crippen molar-refractivity contribution >= 4 is 43.0 Å². The number of aliphatic hydroxyl groups excluding tert-OH is 1. The summed E-state index contributed by atoms with van der Waals surface area (Å²) in [7, 11) is -6.33. The first-order valence-electron chi connectivity index (χ1n) is 12.9. The summed E-state index contributed by atoms with van der Waals surface area (Å²) in [4.78, 5) is 14.9. The number of ether oxygens (including phenoxy) is 1. The van der Waals surface area contributed by atoms with E-state index in [1.54, 1.807) is 29.3 Å². The Morgan fingerprint density at radius 1 is 1.24 bits per heavy atom. The molecule has 3 aromatic rings. The van der Waals surface area contributed by atoms with Gasteiger partial charge in [0.05, 0.1) is 25.6 Å². The number of nitrogens with zero attached hydrogens (tertiary/aromatic N) is 3. The number of hydrogen-bond acceptors (Lipinski definition) is 10. The molecule has 12 nitrogen and oxygen atoms in total. The van der Waals surface area contributed by atoms with Gasteiger partial charge in [0.25, 0.3) is 20.0 Å². The summed E-state index contributed by atoms with van der Waals surface area (Å²) in [5.74, 6) is -0.133. The van der Waals surface area contributed by atoms with Crippen molar-refractivity contribution in [3.05, 3.63) is 52.7 Å². The highest BCUT2D eigenvalue weighted by Crippen LogP contribution is 2.31. The largest absolute Gasteiger partial charge is 0.488 e. The zero-order valence-corrected chi connectivity index (χ0v) is 25.8. The van der Waals surface area contributed by atoms with E-state index in [9.17, 15) is 26.7 Å². The summed E-state index contributed by atoms with van der Waals surface area (Å²) < 4.78 is 67.8. The summed E-state index contributed by atoms with van der Waals surface area (Å²) in [6, 6.07) is 7.29. The highest BCUT2D eigenvalue weighted by atomic mass is 32.2. The Kier molecular flexibility index (Phi) is 9.13. The molecule has 1 amide bonds. The molecule has 2 N–H and O–H groups in total. The van der Waals surface area contributed by atoms with Crippen LogP contribution in [0.3, 0.4) is 0 Å². The van der Waals surface area contributed by atoms with Crippen LogP contribution in [0.25, 0.3) is 0 Å². The van der Waals surface area contributed by atoms with Crippen LogP contribution in [0, 0.1) is 19.8 Å². The number of likely N-dealkylation sites (N-methyl/N-ethyl adjacent to an activating group) is 1. The first-order valence-corrected chi connectivity index (χ1v) is 16.7. The Labute approximate surface area is 244 Å². The predicted molar refractivity (Wildman–Crippen MR) is 153 cm³/mol. The van der Waals surface area contributed by atoms with Gasteiger partial charge in [-0.1, -0.05) is 18.1 Å². The van der Waals surface area contributed by atoms with Gasteiger partial charge < -0.3 is 19.3 Å². The number of carbonyl (C=O) groups is 1. The van der Waals surface area contributed by atoms with Crippen molar-refractivity contribution in [3.8, 4) is 5.75 Å². The van der Waals surface area contributed by atoms with Crippen LogP contribution in [0.4, 0.5) is 5.69 Å². The fourth-order valence-corrected chi connectivity index (χ4v) is 8.46. The minimum atomic E-state index is -4.04. The molecular formula is C26H34N4O8S3. The number of nitrogens with one attached hydrogen (secondary N) is 1. The van der Waals surface area contributed by atoms with Crippen LogP contribution in [-0.2, 0) is 31.3 Å². The molecule has 2 aromatic heterocycles. The zero-order chi connectivity index (χ0) is 30.1. The van der Waals surface area contributed by atoms with E-state index in [1.807, 2.05) is 6.92 Å². The number of sulfonamides is 2. The molecule has 0 aliphatic carbocycles. The van der Waals surface area contributed by atoms with E-state index < -0.39 is 32.2 Å². The van der Waals surface area contributed by atoms with Gasteiger partial charge in [0.2, 0.25) is 5.91 Å². The number of carbonyl (C=O) groups excluding carboxylic acids is 1. The number of aryl methyl sites for hydroxylation is 2. The first kappa shape index (κ1) is 31.0. The summed E-state index contributed by atoms with van der Waals surface area (Å²) in [5.41, 5.74) is 0.818. The minimum Gasteiger partial charge on any atom is -0.488 e. The predicted octanol–water partition coefficient (Wildman–Crippen LogP) is 2.62. The summed E-state index contributed by atoms with van der Waals surface area (Å²) in [6.45, 7) is 6.56. The van der Waals surface area contributed by atoms with Gasteiger partial charge in [-0.25, -0.2) is 16.8 Å². The average Bonchev–Trinajstić information content (AvgIpc) is 3.57. The molecule has 0 fully saturated rings. The van der Waals surface area contributed by atoms with Crippen molar-refractivity contribution in [1.82, 2.24) is 14.4 Å². The minimum absolute atomic E-state index is 0.00317. The maximum atomic E-state index is 13.4. The second kappa shape index (κ2) is 12.1. The standard InChI is InChI=1S/C26H34N4O8S3/c1-16-13-30(17(2)15-31)24(32)12-20-11-21(28-40(33,34)26-18(3)27-38-19(26)4)8-9-22(20)37-23(16)14-29(5)41(35,36)25-7-6-10-39-25/h6-11,16-17,23,28,31H,12-15H2,1-5H3/t16-,17-,23-/m0/s1. The van der Waals surface area contributed by atoms with Gasteiger partial charge in [0.1, 0.15) is 21.8 Å². The lowest BCUT2D eigenvalue weighted by molar-refractivity contribution is -0.134. The van der Waals surface area contributed by atoms with Gasteiger partial charge in [-0.15, -0.1) is 11.3 Å². The molecule has 1 aliphatic rings. The molecule has 0 radical (unpaired) electrons. The van der Waals surface area contributed by atoms with Crippen LogP contribution in [-0.4, -0.2) is 81.1 Å². The first-order chi connectivity index (χ1) is 19.2. The number of benzene rings is 1. The normalized spacial score (nSPS) is 19.2. The molecule has 15 heteroatoms. The summed E-state index contributed by atoms with van der Waals surface area (Å²) in [6.07, 6.45) is -0.791. The number of anilines is 1. The van der Waals surface area contributed by atoms with Gasteiger partial charge in [-0.3, -0.25) is 9.52 Å². The third-order valence-electron chi connectivity index (χ3n) is 7.00. The monoisotopic (exact) mass is 626 g/mol. The van der Waals surface area contributed by atoms with Crippen molar-refractivity contribution in [2.24, 2.45) is 5.92 Å². The second-order valence-electron chi connectivity index (χ2n) is 10.2. The van der Waals surface area contributed by atoms with E-state index in [0.29, 0.717) is 11.3 Å². The van der Waals surface area contributed by atoms with Gasteiger partial charge in [0.15, 0.2) is 10.7 Å². The quantitative estimate of drug-likeness (QED) is 0.364. The Balaban J connectivity index is 1.70. The number of amides is 1. The molecule has 3 atom stereocenters. The second-order valence-corrected chi connectivity index (χ2v) is 15.0. The van der Waals surface area contributed by atoms with Gasteiger partial charge >= 0.3 is 0 Å². The van der Waals surface area contributed by atoms with Crippen molar-refractivity contribution in [3.63, 3.8) is 0 Å². The number of fused-ring (bicyclic) bond motifs is 1. The Morgan fingerprint density at radius 2 is 1.98 bits per heavy atom. The molecule has 0 unspecified atom stereocenters. The zero-order valence-electron chi connectivity index (χ0n) is 23.4. The molecular weight excluding hydrogens is 593 g/mol. The fraction of sp³-hybridized carbons (Fsp3) is 0.462. The number of thiophene rings is 1. The van der Waals surface area contributed by atoms with Gasteiger partial charge in [-0.2, -0.15) is 4.31 Å². The topological polar surface area (TPSA) is 159 Å². The summed E-state index contributed by atoms with van der Waals surface area (Å²) >= 11 is 1.12. The van der Waals surface area contributed by atoms with Crippen molar-refractivity contribution in [1.29, 1.82) is 0 Å². The lowest BCUT2D eigenvalue weighted by Gasteiger charge is -2.33. The van der Waals surface area contributed by atoms with Crippen molar-refractivity contribution in [2.45, 2.75) is 55.4 Å². The Hall–Kier alpha value is -2.98. The number of rotatable bonds is 9. The molecule has 41 heavy (non-hydrogen) atoms. The molecule has 0 saturated heterocycles. The van der Waals surface area contributed by atoms with Crippen molar-refractivity contribution < 1.29 is 36.0 Å². The molecule has 4 rings (SSSR count). The van der Waals surface area contributed by atoms with E-state index in [0.717, 1.165) is 11.3 Å². The lowest BCUT2D eigenvalue weighted by Crippen LogP contribution is -2.48. The smallest absolute Gasteiger partial charge is 0.267 e. The third kappa shape index (κ3) is 6.59. The van der Waals surface area contributed by atoms with E-state index >= 15 is 0 Å². The van der Waals surface area contributed by atoms with Crippen LogP contribution in [0.5, 0.6) is 5.75 Å². The van der Waals surface area contributed by atoms with E-state index in [1.165, 1.54) is 43.4 Å². The van der Waals surface area contributed by atoms with E-state index in [4.69, 9.17) is 9.26 Å². The number of aromatic nitrogens is 1. The molecule has 224 valence electrons. The summed E-state index contributed by atoms with van der Waals surface area (Å²) in [5, 5.41) is 15.2. The van der Waals surface area contributed by atoms with Crippen LogP contribution < -0.4 is 9.46 Å². The van der Waals surface area contributed by atoms with E-state index in [2.05, 4.69) is 9.88 Å². The Morgan fingerprint density at radius 3 is 2.59 bits per heavy atom. The lowest BCUT2D eigenvalue weighted by atomic mass is 10.0. The van der Waals surface area contributed by atoms with Crippen LogP contribution in [0.15, 0.2) is 49.3 Å². The average molecular weight is 627 g/mol. The highest BCUT2D eigenvalue weighted by molar-refractivity contribution is 7.92. The molecule has 3 heterocycles. The van der Waals surface area contributed by atoms with Gasteiger partial charge in [-0.05, 0) is 50.4 Å². The highest BCUT2D eigenvalue weighted by Gasteiger charge is 2.34. The number of aliphatic hydroxyl groups is 1. The molecule has 1 aliphatic heterocycles. The molecule has 0 bridgehead atoms. The van der Waals surface area contributed by atoms with Crippen LogP contribution in [0.1, 0.15) is 30.9 Å². The SMILES string of the molecule is Cc1noc(C)c1S(=O)(=O)Nc1ccc2c(c1)CC(=O)N([C@@H](C)CO)C[C@H](C)[C@H](CN(C)S(=O)(=O)c1cccs1)O2. The maximum absolute atomic E-state index is 13.4. The van der Waals surface area contributed by atoms with E-state index in [-0.39, 0.29) is 64.2 Å². The number of hydrogen-bond donors (Lipinski definition) is 2. The van der Waals surface area contributed by atoms with Crippen LogP contribution in [0.2, 0.25) is 0 Å². The fourth-order valence-electron chi connectivity index (χ4n) is 4.69.